The summed E-state index contributed by atoms with van der Waals surface area (Å²) in [7, 11) is 0. The number of carbonyl (C=O) groups is 2. The highest BCUT2D eigenvalue weighted by Crippen LogP contribution is 2.35. The van der Waals surface area contributed by atoms with Gasteiger partial charge in [0.2, 0.25) is 5.91 Å². The van der Waals surface area contributed by atoms with Crippen molar-refractivity contribution in [3.8, 4) is 0 Å². The van der Waals surface area contributed by atoms with Gasteiger partial charge in [-0.3, -0.25) is 9.59 Å². The van der Waals surface area contributed by atoms with Gasteiger partial charge in [-0.2, -0.15) is 0 Å². The molecule has 0 saturated carbocycles. The molecule has 2 aromatic rings. The van der Waals surface area contributed by atoms with Crippen LogP contribution >= 0.6 is 11.8 Å². The molecule has 1 heterocycles. The van der Waals surface area contributed by atoms with E-state index in [4.69, 9.17) is 0 Å². The van der Waals surface area contributed by atoms with Crippen LogP contribution in [0.4, 0.5) is 10.1 Å². The number of halogens is 1. The van der Waals surface area contributed by atoms with Crippen molar-refractivity contribution in [2.75, 3.05) is 5.32 Å². The van der Waals surface area contributed by atoms with Gasteiger partial charge in [-0.05, 0) is 42.8 Å². The monoisotopic (exact) mass is 330 g/mol. The van der Waals surface area contributed by atoms with Crippen molar-refractivity contribution in [3.05, 3.63) is 59.4 Å². The molecule has 0 fully saturated rings. The Kier molecular flexibility index (Phi) is 4.34. The van der Waals surface area contributed by atoms with Crippen molar-refractivity contribution in [2.45, 2.75) is 23.6 Å². The van der Waals surface area contributed by atoms with E-state index < -0.39 is 0 Å². The molecule has 4 nitrogen and oxygen atoms in total. The highest BCUT2D eigenvalue weighted by atomic mass is 32.2. The van der Waals surface area contributed by atoms with Crippen LogP contribution in [0.5, 0.6) is 0 Å². The summed E-state index contributed by atoms with van der Waals surface area (Å²) < 4.78 is 12.8. The molecule has 23 heavy (non-hydrogen) atoms. The zero-order valence-electron chi connectivity index (χ0n) is 12.4. The molecule has 0 bridgehead atoms. The summed E-state index contributed by atoms with van der Waals surface area (Å²) in [5.41, 5.74) is 1.95. The van der Waals surface area contributed by atoms with E-state index in [2.05, 4.69) is 10.6 Å². The molecule has 1 aliphatic rings. The van der Waals surface area contributed by atoms with Gasteiger partial charge in [0, 0.05) is 17.0 Å². The summed E-state index contributed by atoms with van der Waals surface area (Å²) in [6.45, 7) is 2.15. The van der Waals surface area contributed by atoms with Gasteiger partial charge in [0.25, 0.3) is 5.91 Å². The fourth-order valence-electron chi connectivity index (χ4n) is 2.24. The van der Waals surface area contributed by atoms with Gasteiger partial charge in [0.05, 0.1) is 10.9 Å². The van der Waals surface area contributed by atoms with Crippen molar-refractivity contribution in [1.29, 1.82) is 0 Å². The second-order valence-electron chi connectivity index (χ2n) is 5.27. The average molecular weight is 330 g/mol. The highest BCUT2D eigenvalue weighted by Gasteiger charge is 2.23. The second kappa shape index (κ2) is 6.42. The Bertz CT molecular complexity index is 762. The maximum Gasteiger partial charge on any atom is 0.251 e. The molecule has 6 heteroatoms. The number of hydrogen-bond donors (Lipinski definition) is 2. The minimum atomic E-state index is -0.308. The lowest BCUT2D eigenvalue weighted by Crippen LogP contribution is -2.27. The Morgan fingerprint density at radius 3 is 2.74 bits per heavy atom. The lowest BCUT2D eigenvalue weighted by atomic mass is 10.1. The molecule has 0 spiro atoms. The van der Waals surface area contributed by atoms with Crippen molar-refractivity contribution < 1.29 is 14.0 Å². The van der Waals surface area contributed by atoms with Crippen molar-refractivity contribution >= 4 is 29.3 Å². The van der Waals surface area contributed by atoms with Gasteiger partial charge < -0.3 is 10.6 Å². The summed E-state index contributed by atoms with van der Waals surface area (Å²) in [6, 6.07) is 11.2. The maximum absolute atomic E-state index is 12.8. The number of fused-ring (bicyclic) bond motifs is 1. The Labute approximate surface area is 137 Å². The number of amides is 2. The zero-order valence-corrected chi connectivity index (χ0v) is 13.2. The van der Waals surface area contributed by atoms with E-state index >= 15 is 0 Å². The first-order valence-corrected chi connectivity index (χ1v) is 8.05. The molecular formula is C17H15FN2O2S. The third-order valence-electron chi connectivity index (χ3n) is 3.54. The van der Waals surface area contributed by atoms with Crippen molar-refractivity contribution in [3.63, 3.8) is 0 Å². The fraction of sp³-hybridized carbons (Fsp3) is 0.176. The lowest BCUT2D eigenvalue weighted by Gasteiger charge is -2.21. The predicted octanol–water partition coefficient (Wildman–Crippen LogP) is 3.19. The minimum Gasteiger partial charge on any atom is -0.348 e. The summed E-state index contributed by atoms with van der Waals surface area (Å²) >= 11 is 1.47. The Morgan fingerprint density at radius 2 is 2.00 bits per heavy atom. The molecule has 2 N–H and O–H groups in total. The molecule has 1 unspecified atom stereocenters. The Hall–Kier alpha value is -2.34. The van der Waals surface area contributed by atoms with Crippen LogP contribution in [0.3, 0.4) is 0 Å². The summed E-state index contributed by atoms with van der Waals surface area (Å²) in [5, 5.41) is 5.45. The third-order valence-corrected chi connectivity index (χ3v) is 4.72. The van der Waals surface area contributed by atoms with Crippen LogP contribution in [-0.2, 0) is 11.3 Å². The normalized spacial score (nSPS) is 16.4. The molecule has 2 aromatic carbocycles. The van der Waals surface area contributed by atoms with E-state index in [0.29, 0.717) is 17.8 Å². The number of hydrogen-bond acceptors (Lipinski definition) is 3. The van der Waals surface area contributed by atoms with E-state index in [9.17, 15) is 14.0 Å². The van der Waals surface area contributed by atoms with E-state index in [1.807, 2.05) is 13.0 Å². The number of benzene rings is 2. The molecule has 1 aliphatic heterocycles. The number of rotatable bonds is 3. The van der Waals surface area contributed by atoms with E-state index in [1.54, 1.807) is 24.3 Å². The first-order valence-electron chi connectivity index (χ1n) is 7.17. The minimum absolute atomic E-state index is 0.0635. The predicted molar refractivity (Wildman–Crippen MR) is 88.0 cm³/mol. The van der Waals surface area contributed by atoms with E-state index in [0.717, 1.165) is 10.5 Å². The van der Waals surface area contributed by atoms with Gasteiger partial charge in [-0.25, -0.2) is 4.39 Å². The molecule has 0 aromatic heterocycles. The summed E-state index contributed by atoms with van der Waals surface area (Å²) in [5.74, 6) is -0.612. The second-order valence-corrected chi connectivity index (χ2v) is 6.65. The Morgan fingerprint density at radius 1 is 1.26 bits per heavy atom. The molecule has 1 atom stereocenters. The Balaban J connectivity index is 1.69. The van der Waals surface area contributed by atoms with Crippen LogP contribution in [0, 0.1) is 5.82 Å². The van der Waals surface area contributed by atoms with E-state index in [1.165, 1.54) is 23.9 Å². The number of nitrogens with one attached hydrogen (secondary N) is 2. The third kappa shape index (κ3) is 3.53. The van der Waals surface area contributed by atoms with Gasteiger partial charge in [0.15, 0.2) is 0 Å². The number of carbonyl (C=O) groups excluding carboxylic acids is 2. The quantitative estimate of drug-likeness (QED) is 0.909. The van der Waals surface area contributed by atoms with Crippen molar-refractivity contribution in [1.82, 2.24) is 5.32 Å². The van der Waals surface area contributed by atoms with Crippen LogP contribution in [0.1, 0.15) is 22.8 Å². The van der Waals surface area contributed by atoms with Crippen molar-refractivity contribution in [2.24, 2.45) is 0 Å². The smallest absolute Gasteiger partial charge is 0.251 e. The number of thioether (sulfide) groups is 1. The molecule has 3 rings (SSSR count). The topological polar surface area (TPSA) is 58.2 Å². The van der Waals surface area contributed by atoms with Gasteiger partial charge in [-0.15, -0.1) is 11.8 Å². The van der Waals surface area contributed by atoms with Gasteiger partial charge in [-0.1, -0.05) is 12.1 Å². The molecular weight excluding hydrogens is 315 g/mol. The van der Waals surface area contributed by atoms with Crippen LogP contribution in [0.2, 0.25) is 0 Å². The summed E-state index contributed by atoms with van der Waals surface area (Å²) in [6.07, 6.45) is 0. The van der Waals surface area contributed by atoms with Crippen LogP contribution < -0.4 is 10.6 Å². The fourth-order valence-corrected chi connectivity index (χ4v) is 3.17. The molecule has 2 amide bonds. The maximum atomic E-state index is 12.8. The standard InChI is InChI=1S/C17H15FN2O2S/c1-10-16(21)20-14-8-12(4-7-15(14)23-10)17(22)19-9-11-2-5-13(18)6-3-11/h2-8,10H,9H2,1H3,(H,19,22)(H,20,21). The van der Waals surface area contributed by atoms with Crippen LogP contribution in [-0.4, -0.2) is 17.1 Å². The van der Waals surface area contributed by atoms with Gasteiger partial charge in [0.1, 0.15) is 5.82 Å². The summed E-state index contributed by atoms with van der Waals surface area (Å²) in [4.78, 5) is 24.9. The van der Waals surface area contributed by atoms with Gasteiger partial charge >= 0.3 is 0 Å². The first-order chi connectivity index (χ1) is 11.0. The zero-order chi connectivity index (χ0) is 16.4. The SMILES string of the molecule is CC1Sc2ccc(C(=O)NCc3ccc(F)cc3)cc2NC1=O. The largest absolute Gasteiger partial charge is 0.348 e. The van der Waals surface area contributed by atoms with E-state index in [-0.39, 0.29) is 22.9 Å². The first kappa shape index (κ1) is 15.6. The number of anilines is 1. The molecule has 0 radical (unpaired) electrons. The van der Waals surface area contributed by atoms with Crippen LogP contribution in [0.15, 0.2) is 47.4 Å². The molecule has 0 saturated heterocycles. The average Bonchev–Trinajstić information content (AvgIpc) is 2.54. The molecule has 0 aliphatic carbocycles. The lowest BCUT2D eigenvalue weighted by molar-refractivity contribution is -0.115. The highest BCUT2D eigenvalue weighted by molar-refractivity contribution is 8.00. The van der Waals surface area contributed by atoms with Crippen LogP contribution in [0.25, 0.3) is 0 Å². The molecule has 118 valence electrons.